The monoisotopic (exact) mass is 263 g/mol. The second-order valence-corrected chi connectivity index (χ2v) is 5.36. The van der Waals surface area contributed by atoms with Gasteiger partial charge in [-0.15, -0.1) is 0 Å². The number of nitrogens with zero attached hydrogens (tertiary/aromatic N) is 2. The largest absolute Gasteiger partial charge is 0.381 e. The number of ether oxygens (including phenoxy) is 1. The Morgan fingerprint density at radius 3 is 2.59 bits per heavy atom. The molecule has 0 aromatic carbocycles. The number of nitrogens with two attached hydrogens (primary N) is 1. The fourth-order valence-electron chi connectivity index (χ4n) is 1.61. The summed E-state index contributed by atoms with van der Waals surface area (Å²) in [5, 5.41) is 18.8. The molecule has 8 heteroatoms. The number of hydrogen-bond donors (Lipinski definition) is 2. The van der Waals surface area contributed by atoms with E-state index in [9.17, 15) is 13.5 Å². The number of sulfonamides is 1. The molecule has 1 rings (SSSR count). The zero-order valence-electron chi connectivity index (χ0n) is 10.0. The fraction of sp³-hybridized carbons (Fsp3) is 0.667. The lowest BCUT2D eigenvalue weighted by Crippen LogP contribution is -2.32. The molecule has 1 aromatic rings. The first-order valence-electron chi connectivity index (χ1n) is 5.03. The summed E-state index contributed by atoms with van der Waals surface area (Å²) in [6.45, 7) is 1.82. The maximum absolute atomic E-state index is 11.2. The molecule has 7 nitrogen and oxygen atoms in total. The molecule has 0 radical (unpaired) electrons. The molecule has 17 heavy (non-hydrogen) atoms. The van der Waals surface area contributed by atoms with Crippen molar-refractivity contribution in [1.29, 1.82) is 0 Å². The third kappa shape index (κ3) is 2.83. The molecule has 1 heterocycles. The summed E-state index contributed by atoms with van der Waals surface area (Å²) in [4.78, 5) is 0. The fourth-order valence-corrected chi connectivity index (χ4v) is 2.12. The van der Waals surface area contributed by atoms with Gasteiger partial charge < -0.3 is 9.84 Å². The first-order chi connectivity index (χ1) is 7.74. The summed E-state index contributed by atoms with van der Waals surface area (Å²) < 4.78 is 28.5. The van der Waals surface area contributed by atoms with Crippen LogP contribution in [0.5, 0.6) is 0 Å². The molecule has 0 fully saturated rings. The summed E-state index contributed by atoms with van der Waals surface area (Å²) in [5.74, 6) is 0. The standard InChI is InChI=1S/C9H17N3O4S/c1-4-9(13,6-16-3)7-5-8(11-12(7)2)17(10,14)15/h5,13H,4,6H2,1-3H3,(H2,10,14,15). The Morgan fingerprint density at radius 1 is 1.65 bits per heavy atom. The second-order valence-electron chi connectivity index (χ2n) is 3.85. The van der Waals surface area contributed by atoms with Crippen LogP contribution in [-0.4, -0.2) is 37.0 Å². The highest BCUT2D eigenvalue weighted by Gasteiger charge is 2.32. The number of aliphatic hydroxyl groups is 1. The van der Waals surface area contributed by atoms with E-state index in [0.29, 0.717) is 12.1 Å². The predicted octanol–water partition coefficient (Wildman–Crippen LogP) is -0.688. The van der Waals surface area contributed by atoms with Crippen LogP contribution in [0.2, 0.25) is 0 Å². The van der Waals surface area contributed by atoms with Crippen molar-refractivity contribution < 1.29 is 18.3 Å². The molecule has 0 saturated carbocycles. The summed E-state index contributed by atoms with van der Waals surface area (Å²) in [5.41, 5.74) is -0.926. The molecule has 1 aromatic heterocycles. The Labute approximate surface area is 100 Å². The van der Waals surface area contributed by atoms with E-state index in [4.69, 9.17) is 9.88 Å². The Hall–Kier alpha value is -0.960. The highest BCUT2D eigenvalue weighted by atomic mass is 32.2. The smallest absolute Gasteiger partial charge is 0.257 e. The number of primary sulfonamides is 1. The summed E-state index contributed by atoms with van der Waals surface area (Å²) in [7, 11) is -0.874. The van der Waals surface area contributed by atoms with Crippen LogP contribution >= 0.6 is 0 Å². The van der Waals surface area contributed by atoms with Crippen molar-refractivity contribution in [2.75, 3.05) is 13.7 Å². The van der Waals surface area contributed by atoms with E-state index >= 15 is 0 Å². The van der Waals surface area contributed by atoms with Crippen molar-refractivity contribution in [2.45, 2.75) is 24.0 Å². The number of methoxy groups -OCH3 is 1. The molecule has 1 unspecified atom stereocenters. The number of aromatic nitrogens is 2. The van der Waals surface area contributed by atoms with Gasteiger partial charge in [0.25, 0.3) is 10.0 Å². The summed E-state index contributed by atoms with van der Waals surface area (Å²) in [6, 6.07) is 1.26. The molecule has 0 amide bonds. The molecule has 0 aliphatic rings. The van der Waals surface area contributed by atoms with E-state index in [1.807, 2.05) is 0 Å². The van der Waals surface area contributed by atoms with Crippen LogP contribution in [0.25, 0.3) is 0 Å². The Bertz CT molecular complexity index is 496. The highest BCUT2D eigenvalue weighted by molar-refractivity contribution is 7.89. The molecule has 0 aliphatic heterocycles. The lowest BCUT2D eigenvalue weighted by atomic mass is 9.97. The van der Waals surface area contributed by atoms with Crippen molar-refractivity contribution >= 4 is 10.0 Å². The molecule has 98 valence electrons. The quantitative estimate of drug-likeness (QED) is 0.731. The third-order valence-corrected chi connectivity index (χ3v) is 3.38. The third-order valence-electron chi connectivity index (χ3n) is 2.59. The second kappa shape index (κ2) is 4.73. The van der Waals surface area contributed by atoms with E-state index in [-0.39, 0.29) is 11.6 Å². The van der Waals surface area contributed by atoms with Gasteiger partial charge >= 0.3 is 0 Å². The van der Waals surface area contributed by atoms with Crippen LogP contribution in [0.3, 0.4) is 0 Å². The van der Waals surface area contributed by atoms with E-state index in [2.05, 4.69) is 5.10 Å². The first-order valence-corrected chi connectivity index (χ1v) is 6.58. The van der Waals surface area contributed by atoms with Gasteiger partial charge in [0.2, 0.25) is 0 Å². The minimum atomic E-state index is -3.87. The molecule has 3 N–H and O–H groups in total. The lowest BCUT2D eigenvalue weighted by Gasteiger charge is -2.25. The highest BCUT2D eigenvalue weighted by Crippen LogP contribution is 2.26. The molecular weight excluding hydrogens is 246 g/mol. The first kappa shape index (κ1) is 14.1. The maximum atomic E-state index is 11.2. The molecular formula is C9H17N3O4S. The van der Waals surface area contributed by atoms with Crippen molar-refractivity contribution in [1.82, 2.24) is 9.78 Å². The van der Waals surface area contributed by atoms with Gasteiger partial charge in [0.15, 0.2) is 5.03 Å². The minimum Gasteiger partial charge on any atom is -0.381 e. The van der Waals surface area contributed by atoms with Gasteiger partial charge in [-0.3, -0.25) is 4.68 Å². The maximum Gasteiger partial charge on any atom is 0.257 e. The SMILES string of the molecule is CCC(O)(COC)c1cc(S(N)(=O)=O)nn1C. The van der Waals surface area contributed by atoms with Crippen molar-refractivity contribution in [2.24, 2.45) is 12.2 Å². The topological polar surface area (TPSA) is 107 Å². The Balaban J connectivity index is 3.27. The van der Waals surface area contributed by atoms with Gasteiger partial charge in [0.05, 0.1) is 12.3 Å². The van der Waals surface area contributed by atoms with Crippen LogP contribution in [0, 0.1) is 0 Å². The van der Waals surface area contributed by atoms with Crippen LogP contribution in [0.1, 0.15) is 19.0 Å². The van der Waals surface area contributed by atoms with Crippen LogP contribution in [-0.2, 0) is 27.4 Å². The average molecular weight is 263 g/mol. The Morgan fingerprint density at radius 2 is 2.24 bits per heavy atom. The summed E-state index contributed by atoms with van der Waals surface area (Å²) >= 11 is 0. The lowest BCUT2D eigenvalue weighted by molar-refractivity contribution is -0.0442. The van der Waals surface area contributed by atoms with Gasteiger partial charge in [-0.1, -0.05) is 6.92 Å². The van der Waals surface area contributed by atoms with Crippen molar-refractivity contribution in [3.63, 3.8) is 0 Å². The van der Waals surface area contributed by atoms with Gasteiger partial charge in [-0.25, -0.2) is 13.6 Å². The molecule has 0 bridgehead atoms. The van der Waals surface area contributed by atoms with Gasteiger partial charge in [0, 0.05) is 20.2 Å². The number of rotatable bonds is 5. The zero-order chi connectivity index (χ0) is 13.3. The predicted molar refractivity (Wildman–Crippen MR) is 60.6 cm³/mol. The molecule has 0 spiro atoms. The molecule has 0 aliphatic carbocycles. The van der Waals surface area contributed by atoms with Crippen molar-refractivity contribution in [3.05, 3.63) is 11.8 Å². The van der Waals surface area contributed by atoms with E-state index < -0.39 is 15.6 Å². The molecule has 1 atom stereocenters. The Kier molecular flexibility index (Phi) is 3.92. The average Bonchev–Trinajstić information content (AvgIpc) is 2.61. The normalized spacial score (nSPS) is 15.8. The number of aryl methyl sites for hydroxylation is 1. The number of hydrogen-bond acceptors (Lipinski definition) is 5. The molecule has 0 saturated heterocycles. The summed E-state index contributed by atoms with van der Waals surface area (Å²) in [6.07, 6.45) is 0.366. The van der Waals surface area contributed by atoms with Gasteiger partial charge in [-0.05, 0) is 6.42 Å². The van der Waals surface area contributed by atoms with Crippen molar-refractivity contribution in [3.8, 4) is 0 Å². The van der Waals surface area contributed by atoms with E-state index in [1.54, 1.807) is 14.0 Å². The zero-order valence-corrected chi connectivity index (χ0v) is 10.9. The van der Waals surface area contributed by atoms with E-state index in [0.717, 1.165) is 0 Å². The van der Waals surface area contributed by atoms with Crippen LogP contribution < -0.4 is 5.14 Å². The van der Waals surface area contributed by atoms with Crippen LogP contribution in [0.4, 0.5) is 0 Å². The van der Waals surface area contributed by atoms with Gasteiger partial charge in [0.1, 0.15) is 5.60 Å². The minimum absolute atomic E-state index is 0.0487. The van der Waals surface area contributed by atoms with Gasteiger partial charge in [-0.2, -0.15) is 5.10 Å². The van der Waals surface area contributed by atoms with E-state index in [1.165, 1.54) is 17.9 Å². The van der Waals surface area contributed by atoms with Crippen LogP contribution in [0.15, 0.2) is 11.1 Å².